The van der Waals surface area contributed by atoms with Crippen molar-refractivity contribution in [2.75, 3.05) is 11.9 Å². The average molecular weight is 396 g/mol. The van der Waals surface area contributed by atoms with Crippen molar-refractivity contribution in [3.05, 3.63) is 41.1 Å². The minimum atomic E-state index is -0.307. The molecule has 2 heterocycles. The number of benzene rings is 1. The number of hydrogen-bond acceptors (Lipinski definition) is 6. The molecule has 1 atom stereocenters. The number of tetrazole rings is 1. The van der Waals surface area contributed by atoms with Gasteiger partial charge < -0.3 is 10.1 Å². The maximum atomic E-state index is 13.0. The van der Waals surface area contributed by atoms with Crippen molar-refractivity contribution in [3.8, 4) is 5.75 Å². The molecule has 2 aromatic rings. The zero-order valence-corrected chi connectivity index (χ0v) is 17.4. The topological polar surface area (TPSA) is 81.9 Å². The Morgan fingerprint density at radius 1 is 1.17 bits per heavy atom. The monoisotopic (exact) mass is 395 g/mol. The molecule has 1 aliphatic heterocycles. The third kappa shape index (κ3) is 4.04. The fourth-order valence-electron chi connectivity index (χ4n) is 4.24. The number of carbonyl (C=O) groups is 1. The van der Waals surface area contributed by atoms with Gasteiger partial charge in [-0.25, -0.2) is 0 Å². The Hall–Kier alpha value is -2.70. The predicted octanol–water partition coefficient (Wildman–Crippen LogP) is 4.29. The Balaban J connectivity index is 1.58. The van der Waals surface area contributed by atoms with Crippen LogP contribution >= 0.6 is 0 Å². The van der Waals surface area contributed by atoms with E-state index >= 15 is 0 Å². The van der Waals surface area contributed by atoms with Gasteiger partial charge in [0.1, 0.15) is 11.8 Å². The number of ether oxygens (including phenoxy) is 1. The number of hydrogen-bond donors (Lipinski definition) is 1. The molecule has 1 aliphatic carbocycles. The van der Waals surface area contributed by atoms with E-state index in [1.165, 1.54) is 19.3 Å². The van der Waals surface area contributed by atoms with Crippen LogP contribution in [0.3, 0.4) is 0 Å². The molecule has 1 N–H and O–H groups in total. The summed E-state index contributed by atoms with van der Waals surface area (Å²) in [4.78, 5) is 13.0. The van der Waals surface area contributed by atoms with Gasteiger partial charge in [0.2, 0.25) is 5.95 Å². The second-order valence-electron chi connectivity index (χ2n) is 8.79. The molecule has 0 fully saturated rings. The standard InChI is InChI=1S/C22H29N5O2/c1-4-5-6-7-12-29-16-10-8-15(9-11-16)20-19-17(13-22(2,3)14-18(19)28)23-21-24-25-26-27(20)21/h8-11,20H,4-7,12-14H2,1-3H3,(H,23,24,26)/t20-/m0/s1. The molecule has 7 heteroatoms. The van der Waals surface area contributed by atoms with Gasteiger partial charge in [-0.1, -0.05) is 57.3 Å². The van der Waals surface area contributed by atoms with Crippen molar-refractivity contribution in [2.45, 2.75) is 65.3 Å². The first-order chi connectivity index (χ1) is 14.0. The van der Waals surface area contributed by atoms with Crippen molar-refractivity contribution in [2.24, 2.45) is 5.41 Å². The fraction of sp³-hybridized carbons (Fsp3) is 0.545. The van der Waals surface area contributed by atoms with Gasteiger partial charge in [-0.15, -0.1) is 0 Å². The van der Waals surface area contributed by atoms with Gasteiger partial charge in [0.05, 0.1) is 6.61 Å². The van der Waals surface area contributed by atoms with Gasteiger partial charge in [-0.2, -0.15) is 4.68 Å². The summed E-state index contributed by atoms with van der Waals surface area (Å²) < 4.78 is 7.57. The molecule has 29 heavy (non-hydrogen) atoms. The zero-order valence-electron chi connectivity index (χ0n) is 17.4. The lowest BCUT2D eigenvalue weighted by molar-refractivity contribution is -0.118. The normalized spacial score (nSPS) is 20.1. The molecule has 2 aliphatic rings. The van der Waals surface area contributed by atoms with Gasteiger partial charge in [0, 0.05) is 17.7 Å². The smallest absolute Gasteiger partial charge is 0.248 e. The van der Waals surface area contributed by atoms with Crippen LogP contribution in [0, 0.1) is 5.41 Å². The number of carbonyl (C=O) groups excluding carboxylic acids is 1. The van der Waals surface area contributed by atoms with E-state index in [1.54, 1.807) is 4.68 Å². The van der Waals surface area contributed by atoms with Crippen LogP contribution in [0.25, 0.3) is 0 Å². The highest BCUT2D eigenvalue weighted by Crippen LogP contribution is 2.45. The van der Waals surface area contributed by atoms with E-state index in [1.807, 2.05) is 24.3 Å². The number of aromatic nitrogens is 4. The molecular weight excluding hydrogens is 366 g/mol. The Bertz CT molecular complexity index is 914. The largest absolute Gasteiger partial charge is 0.494 e. The Labute approximate surface area is 171 Å². The fourth-order valence-corrected chi connectivity index (χ4v) is 4.24. The number of nitrogens with zero attached hydrogens (tertiary/aromatic N) is 4. The maximum Gasteiger partial charge on any atom is 0.248 e. The Morgan fingerprint density at radius 3 is 2.72 bits per heavy atom. The first kappa shape index (κ1) is 19.6. The number of rotatable bonds is 7. The van der Waals surface area contributed by atoms with Crippen molar-refractivity contribution >= 4 is 11.7 Å². The predicted molar refractivity (Wildman–Crippen MR) is 111 cm³/mol. The van der Waals surface area contributed by atoms with Crippen molar-refractivity contribution < 1.29 is 9.53 Å². The lowest BCUT2D eigenvalue weighted by Gasteiger charge is -2.37. The van der Waals surface area contributed by atoms with E-state index in [0.717, 1.165) is 42.0 Å². The van der Waals surface area contributed by atoms with Crippen LogP contribution in [0.15, 0.2) is 35.5 Å². The number of ketones is 1. The molecule has 1 aromatic carbocycles. The third-order valence-corrected chi connectivity index (χ3v) is 5.66. The van der Waals surface area contributed by atoms with Gasteiger partial charge in [0.25, 0.3) is 0 Å². The summed E-state index contributed by atoms with van der Waals surface area (Å²) in [6.07, 6.45) is 6.06. The van der Waals surface area contributed by atoms with Crippen molar-refractivity contribution in [1.82, 2.24) is 20.2 Å². The van der Waals surface area contributed by atoms with Crippen LogP contribution in [-0.2, 0) is 4.79 Å². The van der Waals surface area contributed by atoms with Crippen molar-refractivity contribution in [1.29, 1.82) is 0 Å². The molecule has 0 saturated carbocycles. The highest BCUT2D eigenvalue weighted by Gasteiger charge is 2.41. The number of nitrogens with one attached hydrogen (secondary N) is 1. The molecule has 0 saturated heterocycles. The molecule has 0 amide bonds. The van der Waals surface area contributed by atoms with Gasteiger partial charge in [-0.05, 0) is 46.4 Å². The van der Waals surface area contributed by atoms with Crippen molar-refractivity contribution in [3.63, 3.8) is 0 Å². The van der Waals surface area contributed by atoms with E-state index in [4.69, 9.17) is 4.74 Å². The van der Waals surface area contributed by atoms with Crippen LogP contribution in [0.5, 0.6) is 5.75 Å². The minimum absolute atomic E-state index is 0.0709. The molecule has 154 valence electrons. The first-order valence-corrected chi connectivity index (χ1v) is 10.5. The molecule has 1 aromatic heterocycles. The van der Waals surface area contributed by atoms with E-state index < -0.39 is 0 Å². The van der Waals surface area contributed by atoms with E-state index in [9.17, 15) is 4.79 Å². The molecule has 4 rings (SSSR count). The summed E-state index contributed by atoms with van der Waals surface area (Å²) in [5.74, 6) is 1.59. The molecule has 7 nitrogen and oxygen atoms in total. The molecule has 0 unspecified atom stereocenters. The lowest BCUT2D eigenvalue weighted by Crippen LogP contribution is -2.36. The van der Waals surface area contributed by atoms with Crippen LogP contribution in [0.2, 0.25) is 0 Å². The first-order valence-electron chi connectivity index (χ1n) is 10.5. The number of Topliss-reactive ketones (excluding diaryl/α,β-unsaturated/α-hetero) is 1. The van der Waals surface area contributed by atoms with Gasteiger partial charge in [0.15, 0.2) is 5.78 Å². The number of unbranched alkanes of at least 4 members (excludes halogenated alkanes) is 3. The summed E-state index contributed by atoms with van der Waals surface area (Å²) in [6, 6.07) is 7.66. The quantitative estimate of drug-likeness (QED) is 0.704. The highest BCUT2D eigenvalue weighted by molar-refractivity contribution is 6.00. The second-order valence-corrected chi connectivity index (χ2v) is 8.79. The Morgan fingerprint density at radius 2 is 1.97 bits per heavy atom. The van der Waals surface area contributed by atoms with E-state index in [-0.39, 0.29) is 17.2 Å². The molecule has 0 radical (unpaired) electrons. The summed E-state index contributed by atoms with van der Waals surface area (Å²) in [5, 5.41) is 15.4. The van der Waals surface area contributed by atoms with Crippen LogP contribution in [0.4, 0.5) is 5.95 Å². The Kier molecular flexibility index (Phi) is 5.39. The van der Waals surface area contributed by atoms with E-state index in [0.29, 0.717) is 12.4 Å². The SMILES string of the molecule is CCCCCCOc1ccc([C@H]2C3=C(CC(C)(C)CC3=O)Nc3nnnn32)cc1. The van der Waals surface area contributed by atoms with Gasteiger partial charge in [-0.3, -0.25) is 4.79 Å². The highest BCUT2D eigenvalue weighted by atomic mass is 16.5. The summed E-state index contributed by atoms with van der Waals surface area (Å²) in [6.45, 7) is 7.17. The number of fused-ring (bicyclic) bond motifs is 1. The summed E-state index contributed by atoms with van der Waals surface area (Å²) in [5.41, 5.74) is 2.63. The molecule has 0 bridgehead atoms. The van der Waals surface area contributed by atoms with Gasteiger partial charge >= 0.3 is 0 Å². The zero-order chi connectivity index (χ0) is 20.4. The van der Waals surface area contributed by atoms with Crippen LogP contribution < -0.4 is 10.1 Å². The summed E-state index contributed by atoms with van der Waals surface area (Å²) >= 11 is 0. The molecular formula is C22H29N5O2. The lowest BCUT2D eigenvalue weighted by atomic mass is 9.73. The second kappa shape index (κ2) is 7.97. The average Bonchev–Trinajstić information content (AvgIpc) is 3.14. The maximum absolute atomic E-state index is 13.0. The molecule has 0 spiro atoms. The summed E-state index contributed by atoms with van der Waals surface area (Å²) in [7, 11) is 0. The number of anilines is 1. The number of allylic oxidation sites excluding steroid dienone is 2. The minimum Gasteiger partial charge on any atom is -0.494 e. The van der Waals surface area contributed by atoms with Crippen LogP contribution in [0.1, 0.15) is 70.9 Å². The van der Waals surface area contributed by atoms with E-state index in [2.05, 4.69) is 41.6 Å². The third-order valence-electron chi connectivity index (χ3n) is 5.66. The van der Waals surface area contributed by atoms with Crippen LogP contribution in [-0.4, -0.2) is 32.6 Å².